The average Bonchev–Trinajstić information content (AvgIpc) is 3.20. The fourth-order valence-corrected chi connectivity index (χ4v) is 4.02. The van der Waals surface area contributed by atoms with Gasteiger partial charge in [-0.1, -0.05) is 18.2 Å². The minimum absolute atomic E-state index is 0.0724. The molecule has 1 fully saturated rings. The van der Waals surface area contributed by atoms with Gasteiger partial charge in [0.15, 0.2) is 0 Å². The Morgan fingerprint density at radius 3 is 2.68 bits per heavy atom. The van der Waals surface area contributed by atoms with E-state index in [0.717, 1.165) is 10.3 Å². The zero-order chi connectivity index (χ0) is 19.7. The number of fused-ring (bicyclic) bond motifs is 1. The molecule has 1 aliphatic rings. The highest BCUT2D eigenvalue weighted by atomic mass is 32.2. The summed E-state index contributed by atoms with van der Waals surface area (Å²) in [5.41, 5.74) is 1.24. The Kier molecular flexibility index (Phi) is 5.09. The molecule has 7 heteroatoms. The largest absolute Gasteiger partial charge is 0.460 e. The number of ether oxygens (including phenoxy) is 2. The van der Waals surface area contributed by atoms with Crippen LogP contribution in [0.15, 0.2) is 57.8 Å². The van der Waals surface area contributed by atoms with Gasteiger partial charge in [-0.15, -0.1) is 11.8 Å². The third-order valence-corrected chi connectivity index (χ3v) is 5.49. The summed E-state index contributed by atoms with van der Waals surface area (Å²) in [6, 6.07) is 13.4. The SMILES string of the molecule is C[C@@H]1C[C@H](OC(=O)c2oc3ccccc3c2CSc2ccc(F)cc2)C(=O)O1. The van der Waals surface area contributed by atoms with Crippen molar-refractivity contribution in [1.82, 2.24) is 0 Å². The molecule has 0 N–H and O–H groups in total. The van der Waals surface area contributed by atoms with Gasteiger partial charge in [-0.2, -0.15) is 0 Å². The lowest BCUT2D eigenvalue weighted by molar-refractivity contribution is -0.147. The number of benzene rings is 2. The molecule has 28 heavy (non-hydrogen) atoms. The zero-order valence-electron chi connectivity index (χ0n) is 15.0. The van der Waals surface area contributed by atoms with Crippen molar-refractivity contribution in [3.8, 4) is 0 Å². The number of carbonyl (C=O) groups is 2. The van der Waals surface area contributed by atoms with Crippen LogP contribution < -0.4 is 0 Å². The quantitative estimate of drug-likeness (QED) is 0.456. The number of furan rings is 1. The molecular formula is C21H17FO5S. The van der Waals surface area contributed by atoms with E-state index in [4.69, 9.17) is 13.9 Å². The number of para-hydroxylation sites is 1. The first-order chi connectivity index (χ1) is 13.5. The first-order valence-corrected chi connectivity index (χ1v) is 9.80. The topological polar surface area (TPSA) is 65.7 Å². The van der Waals surface area contributed by atoms with Gasteiger partial charge in [-0.25, -0.2) is 14.0 Å². The molecule has 0 bridgehead atoms. The smallest absolute Gasteiger partial charge is 0.375 e. The molecule has 0 amide bonds. The monoisotopic (exact) mass is 400 g/mol. The molecule has 0 saturated carbocycles. The summed E-state index contributed by atoms with van der Waals surface area (Å²) in [4.78, 5) is 25.4. The van der Waals surface area contributed by atoms with E-state index in [-0.39, 0.29) is 17.7 Å². The number of esters is 2. The molecule has 1 aromatic heterocycles. The Balaban J connectivity index is 1.60. The van der Waals surface area contributed by atoms with Crippen molar-refractivity contribution in [2.75, 3.05) is 0 Å². The summed E-state index contributed by atoms with van der Waals surface area (Å²) < 4.78 is 29.2. The van der Waals surface area contributed by atoms with Crippen molar-refractivity contribution in [2.45, 2.75) is 36.2 Å². The van der Waals surface area contributed by atoms with Crippen LogP contribution in [0.25, 0.3) is 11.0 Å². The van der Waals surface area contributed by atoms with Crippen LogP contribution in [0.3, 0.4) is 0 Å². The maximum absolute atomic E-state index is 13.1. The van der Waals surface area contributed by atoms with Crippen LogP contribution in [0, 0.1) is 5.82 Å². The zero-order valence-corrected chi connectivity index (χ0v) is 15.8. The van der Waals surface area contributed by atoms with Crippen molar-refractivity contribution in [2.24, 2.45) is 0 Å². The Morgan fingerprint density at radius 1 is 1.21 bits per heavy atom. The van der Waals surface area contributed by atoms with Crippen molar-refractivity contribution in [3.05, 3.63) is 65.7 Å². The predicted molar refractivity (Wildman–Crippen MR) is 102 cm³/mol. The van der Waals surface area contributed by atoms with Crippen LogP contribution in [0.4, 0.5) is 4.39 Å². The maximum Gasteiger partial charge on any atom is 0.375 e. The predicted octanol–water partition coefficient (Wildman–Crippen LogP) is 4.73. The van der Waals surface area contributed by atoms with Crippen LogP contribution in [-0.2, 0) is 20.0 Å². The summed E-state index contributed by atoms with van der Waals surface area (Å²) in [7, 11) is 0. The van der Waals surface area contributed by atoms with Crippen LogP contribution in [0.5, 0.6) is 0 Å². The summed E-state index contributed by atoms with van der Waals surface area (Å²) in [6.45, 7) is 1.75. The van der Waals surface area contributed by atoms with Gasteiger partial charge in [0.1, 0.15) is 17.5 Å². The van der Waals surface area contributed by atoms with Gasteiger partial charge in [-0.05, 0) is 37.3 Å². The molecule has 0 radical (unpaired) electrons. The van der Waals surface area contributed by atoms with Gasteiger partial charge < -0.3 is 13.9 Å². The van der Waals surface area contributed by atoms with E-state index in [9.17, 15) is 14.0 Å². The fourth-order valence-electron chi connectivity index (χ4n) is 3.09. The van der Waals surface area contributed by atoms with E-state index in [1.165, 1.54) is 23.9 Å². The normalized spacial score (nSPS) is 19.0. The lowest BCUT2D eigenvalue weighted by Crippen LogP contribution is -2.23. The molecule has 0 aliphatic carbocycles. The lowest BCUT2D eigenvalue weighted by atomic mass is 10.1. The number of thioether (sulfide) groups is 1. The molecule has 0 unspecified atom stereocenters. The van der Waals surface area contributed by atoms with Crippen LogP contribution in [0.1, 0.15) is 29.5 Å². The summed E-state index contributed by atoms with van der Waals surface area (Å²) >= 11 is 1.45. The minimum Gasteiger partial charge on any atom is -0.460 e. The molecular weight excluding hydrogens is 383 g/mol. The highest BCUT2D eigenvalue weighted by Gasteiger charge is 2.36. The van der Waals surface area contributed by atoms with Gasteiger partial charge in [-0.3, -0.25) is 0 Å². The number of hydrogen-bond donors (Lipinski definition) is 0. The summed E-state index contributed by atoms with van der Waals surface area (Å²) in [5, 5.41) is 0.798. The van der Waals surface area contributed by atoms with E-state index in [1.54, 1.807) is 25.1 Å². The van der Waals surface area contributed by atoms with E-state index in [1.807, 2.05) is 18.2 Å². The Hall–Kier alpha value is -2.80. The van der Waals surface area contributed by atoms with Crippen molar-refractivity contribution in [3.63, 3.8) is 0 Å². The van der Waals surface area contributed by atoms with Crippen molar-refractivity contribution in [1.29, 1.82) is 0 Å². The van der Waals surface area contributed by atoms with Crippen molar-refractivity contribution >= 4 is 34.7 Å². The number of cyclic esters (lactones) is 1. The molecule has 3 aromatic rings. The molecule has 144 valence electrons. The standard InChI is InChI=1S/C21H17FO5S/c1-12-10-18(20(23)25-12)27-21(24)19-16(15-4-2-3-5-17(15)26-19)11-28-14-8-6-13(22)7-9-14/h2-9,12,18H,10-11H2,1H3/t12-,18+/m1/s1. The second kappa shape index (κ2) is 7.67. The van der Waals surface area contributed by atoms with Crippen molar-refractivity contribution < 1.29 is 27.9 Å². The number of rotatable bonds is 5. The molecule has 1 aliphatic heterocycles. The molecule has 2 heterocycles. The molecule has 2 aromatic carbocycles. The average molecular weight is 400 g/mol. The van der Waals surface area contributed by atoms with Crippen LogP contribution in [-0.4, -0.2) is 24.1 Å². The van der Waals surface area contributed by atoms with E-state index in [2.05, 4.69) is 0 Å². The molecule has 0 spiro atoms. The highest BCUT2D eigenvalue weighted by molar-refractivity contribution is 7.98. The Morgan fingerprint density at radius 2 is 1.96 bits per heavy atom. The lowest BCUT2D eigenvalue weighted by Gasteiger charge is -2.08. The van der Waals surface area contributed by atoms with Gasteiger partial charge >= 0.3 is 11.9 Å². The van der Waals surface area contributed by atoms with Gasteiger partial charge in [0.05, 0.1) is 0 Å². The molecule has 1 saturated heterocycles. The van der Waals surface area contributed by atoms with Crippen LogP contribution >= 0.6 is 11.8 Å². The third kappa shape index (κ3) is 3.75. The second-order valence-electron chi connectivity index (χ2n) is 6.53. The highest BCUT2D eigenvalue weighted by Crippen LogP contribution is 2.33. The number of carbonyl (C=O) groups excluding carboxylic acids is 2. The van der Waals surface area contributed by atoms with E-state index < -0.39 is 18.0 Å². The summed E-state index contributed by atoms with van der Waals surface area (Å²) in [6.07, 6.45) is -0.882. The van der Waals surface area contributed by atoms with Gasteiger partial charge in [0.2, 0.25) is 11.9 Å². The Bertz CT molecular complexity index is 1030. The van der Waals surface area contributed by atoms with Gasteiger partial charge in [0.25, 0.3) is 0 Å². The minimum atomic E-state index is -0.923. The Labute approximate surface area is 164 Å². The molecule has 5 nitrogen and oxygen atoms in total. The second-order valence-corrected chi connectivity index (χ2v) is 7.57. The van der Waals surface area contributed by atoms with E-state index >= 15 is 0 Å². The third-order valence-electron chi connectivity index (χ3n) is 4.46. The van der Waals surface area contributed by atoms with Crippen LogP contribution in [0.2, 0.25) is 0 Å². The molecule has 2 atom stereocenters. The molecule has 4 rings (SSSR count). The number of hydrogen-bond acceptors (Lipinski definition) is 6. The first-order valence-electron chi connectivity index (χ1n) is 8.81. The number of halogens is 1. The van der Waals surface area contributed by atoms with E-state index in [0.29, 0.717) is 23.3 Å². The summed E-state index contributed by atoms with van der Waals surface area (Å²) in [5.74, 6) is -1.04. The maximum atomic E-state index is 13.1. The first kappa shape index (κ1) is 18.6. The fraction of sp³-hybridized carbons (Fsp3) is 0.238. The van der Waals surface area contributed by atoms with Gasteiger partial charge in [0, 0.05) is 28.0 Å².